The zero-order chi connectivity index (χ0) is 12.5. The molecular weight excluding hydrogens is 224 g/mol. The van der Waals surface area contributed by atoms with Crippen LogP contribution >= 0.6 is 0 Å². The molecule has 1 aromatic heterocycles. The van der Waals surface area contributed by atoms with Gasteiger partial charge in [0.05, 0.1) is 5.69 Å². The predicted molar refractivity (Wildman–Crippen MR) is 70.4 cm³/mol. The van der Waals surface area contributed by atoms with Gasteiger partial charge in [-0.2, -0.15) is 0 Å². The number of fused-ring (bicyclic) bond motifs is 1. The van der Waals surface area contributed by atoms with Crippen molar-refractivity contribution < 1.29 is 5.11 Å². The lowest BCUT2D eigenvalue weighted by Crippen LogP contribution is -2.16. The first-order valence-corrected chi connectivity index (χ1v) is 6.52. The van der Waals surface area contributed by atoms with Crippen molar-refractivity contribution >= 4 is 0 Å². The fourth-order valence-electron chi connectivity index (χ4n) is 2.51. The number of benzene rings is 1. The quantitative estimate of drug-likeness (QED) is 0.879. The second-order valence-electron chi connectivity index (χ2n) is 5.09. The van der Waals surface area contributed by atoms with Crippen LogP contribution in [-0.4, -0.2) is 14.7 Å². The average molecular weight is 242 g/mol. The van der Waals surface area contributed by atoms with Gasteiger partial charge in [0.2, 0.25) is 0 Å². The molecule has 18 heavy (non-hydrogen) atoms. The van der Waals surface area contributed by atoms with E-state index in [0.717, 1.165) is 37.2 Å². The topological polar surface area (TPSA) is 38.0 Å². The highest BCUT2D eigenvalue weighted by atomic mass is 16.3. The van der Waals surface area contributed by atoms with Crippen molar-refractivity contribution in [3.8, 4) is 0 Å². The van der Waals surface area contributed by atoms with Crippen molar-refractivity contribution in [1.82, 2.24) is 9.55 Å². The van der Waals surface area contributed by atoms with Gasteiger partial charge in [-0.05, 0) is 25.3 Å². The maximum atomic E-state index is 9.90. The van der Waals surface area contributed by atoms with Gasteiger partial charge in [0.15, 0.2) is 0 Å². The van der Waals surface area contributed by atoms with Crippen molar-refractivity contribution in [2.45, 2.75) is 38.8 Å². The summed E-state index contributed by atoms with van der Waals surface area (Å²) < 4.78 is 1.92. The van der Waals surface area contributed by atoms with Crippen LogP contribution in [-0.2, 0) is 12.8 Å². The molecule has 1 atom stereocenters. The second kappa shape index (κ2) is 4.58. The molecule has 0 aliphatic carbocycles. The van der Waals surface area contributed by atoms with Crippen LogP contribution in [0.1, 0.15) is 41.7 Å². The average Bonchev–Trinajstić information content (AvgIpc) is 2.76. The zero-order valence-corrected chi connectivity index (χ0v) is 10.6. The lowest BCUT2D eigenvalue weighted by molar-refractivity contribution is 0.0780. The van der Waals surface area contributed by atoms with Crippen molar-refractivity contribution in [3.05, 3.63) is 53.1 Å². The van der Waals surface area contributed by atoms with Crippen LogP contribution in [0.3, 0.4) is 0 Å². The number of hydrogen-bond donors (Lipinski definition) is 1. The van der Waals surface area contributed by atoms with E-state index in [0.29, 0.717) is 0 Å². The summed E-state index contributed by atoms with van der Waals surface area (Å²) in [4.78, 5) is 4.62. The molecule has 0 bridgehead atoms. The van der Waals surface area contributed by atoms with Gasteiger partial charge in [-0.3, -0.25) is 0 Å². The number of rotatable bonds is 2. The van der Waals surface area contributed by atoms with Crippen molar-refractivity contribution in [1.29, 1.82) is 0 Å². The summed E-state index contributed by atoms with van der Waals surface area (Å²) in [6, 6.07) is 8.54. The van der Waals surface area contributed by atoms with E-state index in [-0.39, 0.29) is 6.23 Å². The Kier molecular flexibility index (Phi) is 2.92. The largest absolute Gasteiger partial charge is 0.373 e. The van der Waals surface area contributed by atoms with Gasteiger partial charge in [0, 0.05) is 19.0 Å². The number of aryl methyl sites for hydroxylation is 2. The minimum atomic E-state index is -0.381. The standard InChI is InChI=1S/C15H18N2O/c1-11-5-7-12(8-6-11)9-13-10-17-14(16-13)3-2-4-15(17)18/h5-8,10,15,18H,2-4,9H2,1H3. The Hall–Kier alpha value is -1.61. The third kappa shape index (κ3) is 2.18. The highest BCUT2D eigenvalue weighted by Crippen LogP contribution is 2.23. The third-order valence-corrected chi connectivity index (χ3v) is 3.55. The lowest BCUT2D eigenvalue weighted by Gasteiger charge is -2.19. The molecule has 2 heterocycles. The molecule has 0 radical (unpaired) electrons. The van der Waals surface area contributed by atoms with Crippen LogP contribution in [0.15, 0.2) is 30.5 Å². The van der Waals surface area contributed by atoms with E-state index in [4.69, 9.17) is 0 Å². The van der Waals surface area contributed by atoms with Gasteiger partial charge in [-0.1, -0.05) is 29.8 Å². The van der Waals surface area contributed by atoms with Gasteiger partial charge in [0.1, 0.15) is 12.1 Å². The molecule has 0 spiro atoms. The first-order valence-electron chi connectivity index (χ1n) is 6.52. The van der Waals surface area contributed by atoms with E-state index in [1.165, 1.54) is 11.1 Å². The molecule has 0 amide bonds. The Bertz CT molecular complexity index is 542. The van der Waals surface area contributed by atoms with Crippen molar-refractivity contribution in [3.63, 3.8) is 0 Å². The molecule has 94 valence electrons. The number of nitrogens with zero attached hydrogens (tertiary/aromatic N) is 2. The van der Waals surface area contributed by atoms with E-state index in [2.05, 4.69) is 36.2 Å². The van der Waals surface area contributed by atoms with Crippen LogP contribution in [0.5, 0.6) is 0 Å². The Morgan fingerprint density at radius 1 is 1.33 bits per heavy atom. The summed E-state index contributed by atoms with van der Waals surface area (Å²) in [6.07, 6.45) is 5.31. The molecule has 3 rings (SSSR count). The van der Waals surface area contributed by atoms with Gasteiger partial charge in [0.25, 0.3) is 0 Å². The highest BCUT2D eigenvalue weighted by molar-refractivity contribution is 5.25. The fraction of sp³-hybridized carbons (Fsp3) is 0.400. The number of aliphatic hydroxyl groups is 1. The normalized spacial score (nSPS) is 18.7. The second-order valence-corrected chi connectivity index (χ2v) is 5.09. The number of aliphatic hydroxyl groups excluding tert-OH is 1. The predicted octanol–water partition coefficient (Wildman–Crippen LogP) is 2.61. The molecule has 0 saturated heterocycles. The molecular formula is C15H18N2O. The van der Waals surface area contributed by atoms with Gasteiger partial charge >= 0.3 is 0 Å². The van der Waals surface area contributed by atoms with E-state index in [1.54, 1.807) is 0 Å². The van der Waals surface area contributed by atoms with Crippen LogP contribution < -0.4 is 0 Å². The minimum Gasteiger partial charge on any atom is -0.373 e. The van der Waals surface area contributed by atoms with E-state index < -0.39 is 0 Å². The molecule has 3 heteroatoms. The van der Waals surface area contributed by atoms with Gasteiger partial charge < -0.3 is 9.67 Å². The Morgan fingerprint density at radius 3 is 2.83 bits per heavy atom. The number of hydrogen-bond acceptors (Lipinski definition) is 2. The van der Waals surface area contributed by atoms with Crippen molar-refractivity contribution in [2.75, 3.05) is 0 Å². The summed E-state index contributed by atoms with van der Waals surface area (Å²) in [5.41, 5.74) is 3.60. The van der Waals surface area contributed by atoms with E-state index >= 15 is 0 Å². The van der Waals surface area contributed by atoms with E-state index in [9.17, 15) is 5.11 Å². The highest BCUT2D eigenvalue weighted by Gasteiger charge is 2.19. The van der Waals surface area contributed by atoms with Gasteiger partial charge in [-0.15, -0.1) is 0 Å². The Labute approximate surface area is 107 Å². The molecule has 1 aromatic carbocycles. The monoisotopic (exact) mass is 242 g/mol. The maximum Gasteiger partial charge on any atom is 0.131 e. The summed E-state index contributed by atoms with van der Waals surface area (Å²) in [5.74, 6) is 1.02. The summed E-state index contributed by atoms with van der Waals surface area (Å²) in [5, 5.41) is 9.90. The van der Waals surface area contributed by atoms with Crippen LogP contribution in [0.4, 0.5) is 0 Å². The summed E-state index contributed by atoms with van der Waals surface area (Å²) in [6.45, 7) is 2.09. The van der Waals surface area contributed by atoms with Crippen LogP contribution in [0.2, 0.25) is 0 Å². The minimum absolute atomic E-state index is 0.381. The summed E-state index contributed by atoms with van der Waals surface area (Å²) >= 11 is 0. The first kappa shape index (κ1) is 11.5. The molecule has 1 aliphatic heterocycles. The molecule has 1 unspecified atom stereocenters. The SMILES string of the molecule is Cc1ccc(Cc2cn3c(n2)CCCC3O)cc1. The van der Waals surface area contributed by atoms with Crippen LogP contribution in [0.25, 0.3) is 0 Å². The van der Waals surface area contributed by atoms with E-state index in [1.807, 2.05) is 10.8 Å². The molecule has 1 N–H and O–H groups in total. The van der Waals surface area contributed by atoms with Gasteiger partial charge in [-0.25, -0.2) is 4.98 Å². The zero-order valence-electron chi connectivity index (χ0n) is 10.6. The Balaban J connectivity index is 1.83. The van der Waals surface area contributed by atoms with Crippen molar-refractivity contribution in [2.24, 2.45) is 0 Å². The fourth-order valence-corrected chi connectivity index (χ4v) is 2.51. The molecule has 1 aliphatic rings. The number of aromatic nitrogens is 2. The molecule has 0 saturated carbocycles. The number of imidazole rings is 1. The smallest absolute Gasteiger partial charge is 0.131 e. The Morgan fingerprint density at radius 2 is 2.11 bits per heavy atom. The third-order valence-electron chi connectivity index (χ3n) is 3.55. The molecule has 0 fully saturated rings. The van der Waals surface area contributed by atoms with Crippen LogP contribution in [0, 0.1) is 6.92 Å². The summed E-state index contributed by atoms with van der Waals surface area (Å²) in [7, 11) is 0. The first-order chi connectivity index (χ1) is 8.72. The molecule has 2 aromatic rings. The lowest BCUT2D eigenvalue weighted by atomic mass is 10.1. The molecule has 3 nitrogen and oxygen atoms in total. The maximum absolute atomic E-state index is 9.90.